The number of aromatic hydroxyl groups is 1. The average molecular weight is 336 g/mol. The van der Waals surface area contributed by atoms with Gasteiger partial charge in [0.2, 0.25) is 0 Å². The van der Waals surface area contributed by atoms with Gasteiger partial charge in [-0.15, -0.1) is 0 Å². The molecule has 0 saturated carbocycles. The van der Waals surface area contributed by atoms with Crippen molar-refractivity contribution in [3.63, 3.8) is 0 Å². The Morgan fingerprint density at radius 2 is 1.91 bits per heavy atom. The van der Waals surface area contributed by atoms with E-state index in [1.807, 2.05) is 13.8 Å². The highest BCUT2D eigenvalue weighted by molar-refractivity contribution is 6.30. The minimum Gasteiger partial charge on any atom is -0.506 e. The standard InChI is InChI=1S/C17H18ClNO4/c1-10(2)23-15-7-4-11(8-16(15)22-3)17(21)19-13-6-5-12(18)9-14(13)20/h4-10,20H,1-3H3,(H,19,21). The summed E-state index contributed by atoms with van der Waals surface area (Å²) < 4.78 is 10.9. The van der Waals surface area contributed by atoms with Crippen molar-refractivity contribution in [3.05, 3.63) is 47.0 Å². The summed E-state index contributed by atoms with van der Waals surface area (Å²) in [5.74, 6) is 0.551. The topological polar surface area (TPSA) is 67.8 Å². The van der Waals surface area contributed by atoms with Crippen LogP contribution < -0.4 is 14.8 Å². The van der Waals surface area contributed by atoms with Gasteiger partial charge in [0.05, 0.1) is 18.9 Å². The molecule has 0 saturated heterocycles. The summed E-state index contributed by atoms with van der Waals surface area (Å²) in [6.45, 7) is 3.81. The van der Waals surface area contributed by atoms with Crippen molar-refractivity contribution >= 4 is 23.2 Å². The number of ether oxygens (including phenoxy) is 2. The third-order valence-corrected chi connectivity index (χ3v) is 3.23. The zero-order valence-electron chi connectivity index (χ0n) is 13.1. The Morgan fingerprint density at radius 3 is 2.52 bits per heavy atom. The number of anilines is 1. The lowest BCUT2D eigenvalue weighted by Crippen LogP contribution is -2.13. The van der Waals surface area contributed by atoms with Gasteiger partial charge in [-0.1, -0.05) is 11.6 Å². The smallest absolute Gasteiger partial charge is 0.255 e. The Bertz CT molecular complexity index is 716. The molecule has 122 valence electrons. The molecule has 1 amide bonds. The van der Waals surface area contributed by atoms with Crippen LogP contribution in [0, 0.1) is 0 Å². The molecule has 0 bridgehead atoms. The number of benzene rings is 2. The summed E-state index contributed by atoms with van der Waals surface area (Å²) in [5, 5.41) is 12.8. The number of phenols is 1. The molecule has 23 heavy (non-hydrogen) atoms. The monoisotopic (exact) mass is 335 g/mol. The summed E-state index contributed by atoms with van der Waals surface area (Å²) in [6.07, 6.45) is -0.00501. The molecular formula is C17H18ClNO4. The molecule has 2 N–H and O–H groups in total. The van der Waals surface area contributed by atoms with Crippen molar-refractivity contribution in [1.82, 2.24) is 0 Å². The van der Waals surface area contributed by atoms with Crippen LogP contribution >= 0.6 is 11.6 Å². The summed E-state index contributed by atoms with van der Waals surface area (Å²) in [4.78, 5) is 12.3. The van der Waals surface area contributed by atoms with Crippen molar-refractivity contribution in [2.24, 2.45) is 0 Å². The molecule has 0 fully saturated rings. The van der Waals surface area contributed by atoms with Crippen LogP contribution in [0.4, 0.5) is 5.69 Å². The first-order chi connectivity index (χ1) is 10.9. The van der Waals surface area contributed by atoms with E-state index in [1.165, 1.54) is 19.2 Å². The Balaban J connectivity index is 2.22. The summed E-state index contributed by atoms with van der Waals surface area (Å²) >= 11 is 5.77. The van der Waals surface area contributed by atoms with Crippen LogP contribution in [0.15, 0.2) is 36.4 Å². The molecule has 6 heteroatoms. The van der Waals surface area contributed by atoms with Crippen LogP contribution in [0.25, 0.3) is 0 Å². The molecule has 0 aliphatic carbocycles. The molecule has 2 aromatic carbocycles. The predicted molar refractivity (Wildman–Crippen MR) is 89.8 cm³/mol. The van der Waals surface area contributed by atoms with Crippen LogP contribution in [0.1, 0.15) is 24.2 Å². The second-order valence-electron chi connectivity index (χ2n) is 5.15. The Hall–Kier alpha value is -2.40. The molecule has 0 unspecified atom stereocenters. The maximum Gasteiger partial charge on any atom is 0.255 e. The van der Waals surface area contributed by atoms with E-state index in [1.54, 1.807) is 24.3 Å². The number of phenolic OH excluding ortho intramolecular Hbond substituents is 1. The molecule has 0 aromatic heterocycles. The SMILES string of the molecule is COc1cc(C(=O)Nc2ccc(Cl)cc2O)ccc1OC(C)C. The van der Waals surface area contributed by atoms with E-state index in [-0.39, 0.29) is 23.4 Å². The number of nitrogens with one attached hydrogen (secondary N) is 1. The van der Waals surface area contributed by atoms with E-state index in [4.69, 9.17) is 21.1 Å². The van der Waals surface area contributed by atoms with Gasteiger partial charge in [-0.2, -0.15) is 0 Å². The van der Waals surface area contributed by atoms with Crippen molar-refractivity contribution in [1.29, 1.82) is 0 Å². The number of carbonyl (C=O) groups excluding carboxylic acids is 1. The van der Waals surface area contributed by atoms with E-state index in [2.05, 4.69) is 5.32 Å². The second kappa shape index (κ2) is 7.24. The van der Waals surface area contributed by atoms with E-state index >= 15 is 0 Å². The molecule has 5 nitrogen and oxygen atoms in total. The minimum atomic E-state index is -0.378. The number of amides is 1. The van der Waals surface area contributed by atoms with Gasteiger partial charge in [0.15, 0.2) is 11.5 Å². The molecular weight excluding hydrogens is 318 g/mol. The highest BCUT2D eigenvalue weighted by atomic mass is 35.5. The third kappa shape index (κ3) is 4.29. The highest BCUT2D eigenvalue weighted by Gasteiger charge is 2.13. The van der Waals surface area contributed by atoms with Crippen LogP contribution in [-0.4, -0.2) is 24.2 Å². The number of carbonyl (C=O) groups is 1. The molecule has 0 spiro atoms. The number of hydrogen-bond donors (Lipinski definition) is 2. The molecule has 2 rings (SSSR count). The maximum absolute atomic E-state index is 12.3. The quantitative estimate of drug-likeness (QED) is 0.807. The van der Waals surface area contributed by atoms with E-state index in [9.17, 15) is 9.90 Å². The maximum atomic E-state index is 12.3. The molecule has 0 atom stereocenters. The first-order valence-electron chi connectivity index (χ1n) is 7.05. The largest absolute Gasteiger partial charge is 0.506 e. The normalized spacial score (nSPS) is 10.5. The lowest BCUT2D eigenvalue weighted by atomic mass is 10.1. The van der Waals surface area contributed by atoms with E-state index in [0.717, 1.165) is 0 Å². The highest BCUT2D eigenvalue weighted by Crippen LogP contribution is 2.30. The molecule has 0 aliphatic rings. The van der Waals surface area contributed by atoms with Gasteiger partial charge in [0.25, 0.3) is 5.91 Å². The fourth-order valence-corrected chi connectivity index (χ4v) is 2.13. The van der Waals surface area contributed by atoms with Gasteiger partial charge in [0, 0.05) is 16.7 Å². The summed E-state index contributed by atoms with van der Waals surface area (Å²) in [7, 11) is 1.51. The molecule has 0 aliphatic heterocycles. The number of rotatable bonds is 5. The second-order valence-corrected chi connectivity index (χ2v) is 5.58. The number of halogens is 1. The Labute approximate surface area is 139 Å². The average Bonchev–Trinajstić information content (AvgIpc) is 2.49. The lowest BCUT2D eigenvalue weighted by Gasteiger charge is -2.14. The van der Waals surface area contributed by atoms with Crippen molar-refractivity contribution in [3.8, 4) is 17.2 Å². The van der Waals surface area contributed by atoms with Gasteiger partial charge < -0.3 is 19.9 Å². The van der Waals surface area contributed by atoms with Gasteiger partial charge in [-0.25, -0.2) is 0 Å². The van der Waals surface area contributed by atoms with E-state index < -0.39 is 0 Å². The summed E-state index contributed by atoms with van der Waals surface area (Å²) in [6, 6.07) is 9.36. The van der Waals surface area contributed by atoms with Crippen LogP contribution in [0.5, 0.6) is 17.2 Å². The first kappa shape index (κ1) is 17.0. The molecule has 2 aromatic rings. The van der Waals surface area contributed by atoms with E-state index in [0.29, 0.717) is 22.1 Å². The van der Waals surface area contributed by atoms with Crippen molar-refractivity contribution in [2.75, 3.05) is 12.4 Å². The van der Waals surface area contributed by atoms with Gasteiger partial charge in [-0.3, -0.25) is 4.79 Å². The summed E-state index contributed by atoms with van der Waals surface area (Å²) in [5.41, 5.74) is 0.660. The van der Waals surface area contributed by atoms with Crippen LogP contribution in [-0.2, 0) is 0 Å². The molecule has 0 radical (unpaired) electrons. The van der Waals surface area contributed by atoms with Crippen LogP contribution in [0.3, 0.4) is 0 Å². The zero-order valence-corrected chi connectivity index (χ0v) is 13.8. The van der Waals surface area contributed by atoms with Gasteiger partial charge >= 0.3 is 0 Å². The van der Waals surface area contributed by atoms with Crippen LogP contribution in [0.2, 0.25) is 5.02 Å². The van der Waals surface area contributed by atoms with Crippen molar-refractivity contribution in [2.45, 2.75) is 20.0 Å². The van der Waals surface area contributed by atoms with Gasteiger partial charge in [0.1, 0.15) is 5.75 Å². The Morgan fingerprint density at radius 1 is 1.17 bits per heavy atom. The number of hydrogen-bond acceptors (Lipinski definition) is 4. The predicted octanol–water partition coefficient (Wildman–Crippen LogP) is 4.09. The third-order valence-electron chi connectivity index (χ3n) is 3.00. The lowest BCUT2D eigenvalue weighted by molar-refractivity contribution is 0.102. The van der Waals surface area contributed by atoms with Crippen molar-refractivity contribution < 1.29 is 19.4 Å². The number of methoxy groups -OCH3 is 1. The zero-order chi connectivity index (χ0) is 17.0. The molecule has 0 heterocycles. The Kier molecular flexibility index (Phi) is 5.34. The fraction of sp³-hybridized carbons (Fsp3) is 0.235. The minimum absolute atomic E-state index is 0.00501. The fourth-order valence-electron chi connectivity index (χ4n) is 1.97. The van der Waals surface area contributed by atoms with Gasteiger partial charge in [-0.05, 0) is 44.2 Å². The first-order valence-corrected chi connectivity index (χ1v) is 7.43.